The summed E-state index contributed by atoms with van der Waals surface area (Å²) in [6.45, 7) is 2.66. The van der Waals surface area contributed by atoms with E-state index in [0.29, 0.717) is 5.69 Å². The Hall–Kier alpha value is -2.57. The minimum Gasteiger partial charge on any atom is -0.512 e. The zero-order chi connectivity index (χ0) is 15.8. The first-order valence-electron chi connectivity index (χ1n) is 6.00. The first kappa shape index (κ1) is 16.5. The van der Waals surface area contributed by atoms with E-state index in [0.717, 1.165) is 11.8 Å². The number of Topliss-reactive ketones (excluding diaryl/α,β-unsaturated/α-hetero) is 1. The average molecular weight is 299 g/mol. The van der Waals surface area contributed by atoms with Crippen molar-refractivity contribution in [2.24, 2.45) is 4.99 Å². The maximum absolute atomic E-state index is 11.7. The molecule has 6 heteroatoms. The lowest BCUT2D eigenvalue weighted by atomic mass is 10.2. The SMILES string of the molecule is CC(=O)/C(C(=Nc1ccccc1)SC(C#N)C#N)=C(\C)O. The Balaban J connectivity index is 3.34. The number of rotatable bonds is 4. The number of thioether (sulfide) groups is 1. The van der Waals surface area contributed by atoms with Gasteiger partial charge in [0.05, 0.1) is 23.4 Å². The van der Waals surface area contributed by atoms with E-state index in [4.69, 9.17) is 10.5 Å². The van der Waals surface area contributed by atoms with E-state index >= 15 is 0 Å². The van der Waals surface area contributed by atoms with Crippen molar-refractivity contribution in [1.29, 1.82) is 10.5 Å². The normalized spacial score (nSPS) is 12.3. The van der Waals surface area contributed by atoms with Gasteiger partial charge in [0.1, 0.15) is 10.8 Å². The van der Waals surface area contributed by atoms with E-state index in [2.05, 4.69) is 4.99 Å². The van der Waals surface area contributed by atoms with Crippen molar-refractivity contribution >= 4 is 28.3 Å². The van der Waals surface area contributed by atoms with E-state index in [9.17, 15) is 9.90 Å². The minimum absolute atomic E-state index is 0.0133. The molecule has 1 rings (SSSR count). The van der Waals surface area contributed by atoms with Crippen LogP contribution in [0.25, 0.3) is 0 Å². The quantitative estimate of drug-likeness (QED) is 0.398. The van der Waals surface area contributed by atoms with Crippen LogP contribution < -0.4 is 0 Å². The van der Waals surface area contributed by atoms with Gasteiger partial charge in [-0.05, 0) is 26.0 Å². The second kappa shape index (κ2) is 7.88. The summed E-state index contributed by atoms with van der Waals surface area (Å²) in [5.41, 5.74) is 0.578. The van der Waals surface area contributed by atoms with Gasteiger partial charge in [-0.2, -0.15) is 10.5 Å². The molecule has 0 saturated heterocycles. The summed E-state index contributed by atoms with van der Waals surface area (Å²) in [5.74, 6) is -0.578. The number of allylic oxidation sites excluding steroid dienone is 1. The summed E-state index contributed by atoms with van der Waals surface area (Å²) < 4.78 is 0. The Kier molecular flexibility index (Phi) is 6.19. The molecule has 0 saturated carbocycles. The van der Waals surface area contributed by atoms with Gasteiger partial charge < -0.3 is 5.11 Å². The lowest BCUT2D eigenvalue weighted by Crippen LogP contribution is -2.13. The number of nitriles is 2. The molecule has 1 N–H and O–H groups in total. The lowest BCUT2D eigenvalue weighted by Gasteiger charge is -2.09. The molecule has 0 unspecified atom stereocenters. The molecule has 0 aliphatic heterocycles. The van der Waals surface area contributed by atoms with Gasteiger partial charge in [0.15, 0.2) is 11.0 Å². The van der Waals surface area contributed by atoms with Gasteiger partial charge >= 0.3 is 0 Å². The van der Waals surface area contributed by atoms with Crippen LogP contribution in [-0.4, -0.2) is 21.2 Å². The van der Waals surface area contributed by atoms with Crippen LogP contribution in [0.5, 0.6) is 0 Å². The number of carbonyl (C=O) groups excluding carboxylic acids is 1. The van der Waals surface area contributed by atoms with E-state index in [1.807, 2.05) is 6.07 Å². The maximum Gasteiger partial charge on any atom is 0.184 e. The molecule has 106 valence electrons. The summed E-state index contributed by atoms with van der Waals surface area (Å²) >= 11 is 0.838. The van der Waals surface area contributed by atoms with Gasteiger partial charge in [0.25, 0.3) is 0 Å². The van der Waals surface area contributed by atoms with Crippen molar-refractivity contribution in [3.8, 4) is 12.1 Å². The third kappa shape index (κ3) is 4.79. The number of ketones is 1. The zero-order valence-electron chi connectivity index (χ0n) is 11.6. The molecule has 0 fully saturated rings. The monoisotopic (exact) mass is 299 g/mol. The molecule has 0 aliphatic rings. The number of aliphatic hydroxyl groups excluding tert-OH is 1. The summed E-state index contributed by atoms with van der Waals surface area (Å²) in [7, 11) is 0. The maximum atomic E-state index is 11.7. The molecule has 0 atom stereocenters. The third-order valence-electron chi connectivity index (χ3n) is 2.38. The molecule has 21 heavy (non-hydrogen) atoms. The predicted molar refractivity (Wildman–Crippen MR) is 82.2 cm³/mol. The summed E-state index contributed by atoms with van der Waals surface area (Å²) in [5, 5.41) is 26.6. The molecule has 0 bridgehead atoms. The van der Waals surface area contributed by atoms with Crippen molar-refractivity contribution in [3.63, 3.8) is 0 Å². The third-order valence-corrected chi connectivity index (χ3v) is 3.34. The first-order valence-corrected chi connectivity index (χ1v) is 6.88. The zero-order valence-corrected chi connectivity index (χ0v) is 12.4. The fraction of sp³-hybridized carbons (Fsp3) is 0.200. The molecule has 1 aromatic rings. The van der Waals surface area contributed by atoms with E-state index in [1.165, 1.54) is 13.8 Å². The van der Waals surface area contributed by atoms with Gasteiger partial charge in [0, 0.05) is 0 Å². The molecular weight excluding hydrogens is 286 g/mol. The van der Waals surface area contributed by atoms with Crippen molar-refractivity contribution in [3.05, 3.63) is 41.7 Å². The van der Waals surface area contributed by atoms with E-state index < -0.39 is 5.25 Å². The van der Waals surface area contributed by atoms with Crippen molar-refractivity contribution in [1.82, 2.24) is 0 Å². The van der Waals surface area contributed by atoms with Crippen LogP contribution in [0, 0.1) is 22.7 Å². The van der Waals surface area contributed by atoms with Crippen molar-refractivity contribution in [2.45, 2.75) is 19.1 Å². The van der Waals surface area contributed by atoms with Crippen molar-refractivity contribution in [2.75, 3.05) is 0 Å². The van der Waals surface area contributed by atoms with E-state index in [1.54, 1.807) is 36.4 Å². The number of hydrogen-bond acceptors (Lipinski definition) is 6. The van der Waals surface area contributed by atoms with Crippen molar-refractivity contribution < 1.29 is 9.90 Å². The Labute approximate surface area is 127 Å². The average Bonchev–Trinajstić information content (AvgIpc) is 2.44. The molecule has 0 heterocycles. The van der Waals surface area contributed by atoms with E-state index in [-0.39, 0.29) is 22.2 Å². The first-order chi connectivity index (χ1) is 9.99. The predicted octanol–water partition coefficient (Wildman–Crippen LogP) is 3.29. The summed E-state index contributed by atoms with van der Waals surface area (Å²) in [4.78, 5) is 16.0. The largest absolute Gasteiger partial charge is 0.512 e. The Morgan fingerprint density at radius 1 is 1.24 bits per heavy atom. The highest BCUT2D eigenvalue weighted by molar-refractivity contribution is 8.15. The molecule has 0 aromatic heterocycles. The molecule has 0 spiro atoms. The van der Waals surface area contributed by atoms with Gasteiger partial charge in [0.2, 0.25) is 0 Å². The van der Waals surface area contributed by atoms with Gasteiger partial charge in [-0.3, -0.25) is 4.79 Å². The van der Waals surface area contributed by atoms with Crippen LogP contribution in [0.3, 0.4) is 0 Å². The highest BCUT2D eigenvalue weighted by Crippen LogP contribution is 2.24. The number of benzene rings is 1. The molecule has 0 aliphatic carbocycles. The Morgan fingerprint density at radius 2 is 1.81 bits per heavy atom. The van der Waals surface area contributed by atoms with Crippen LogP contribution in [0.1, 0.15) is 13.8 Å². The minimum atomic E-state index is -1.01. The van der Waals surface area contributed by atoms with Gasteiger partial charge in [-0.25, -0.2) is 4.99 Å². The second-order valence-electron chi connectivity index (χ2n) is 4.03. The van der Waals surface area contributed by atoms with Crippen LogP contribution in [0.2, 0.25) is 0 Å². The van der Waals surface area contributed by atoms with Crippen LogP contribution in [-0.2, 0) is 4.79 Å². The number of carbonyl (C=O) groups is 1. The molecule has 0 radical (unpaired) electrons. The number of hydrogen-bond donors (Lipinski definition) is 1. The van der Waals surface area contributed by atoms with Gasteiger partial charge in [-0.15, -0.1) is 0 Å². The second-order valence-corrected chi connectivity index (χ2v) is 5.12. The Bertz CT molecular complexity index is 648. The number of aliphatic hydroxyl groups is 1. The number of para-hydroxylation sites is 1. The molecule has 5 nitrogen and oxygen atoms in total. The molecular formula is C15H13N3O2S. The standard InChI is InChI=1S/C15H13N3O2S/c1-10(19)14(11(2)20)15(21-13(8-16)9-17)18-12-6-4-3-5-7-12/h3-7,13,19H,1-2H3/b14-10-,18-15?. The number of nitrogens with zero attached hydrogens (tertiary/aromatic N) is 3. The van der Waals surface area contributed by atoms with Gasteiger partial charge in [-0.1, -0.05) is 30.0 Å². The number of aliphatic imine (C=N–C) groups is 1. The summed E-state index contributed by atoms with van der Waals surface area (Å²) in [6, 6.07) is 12.4. The highest BCUT2D eigenvalue weighted by Gasteiger charge is 2.21. The molecule has 1 aromatic carbocycles. The smallest absolute Gasteiger partial charge is 0.184 e. The highest BCUT2D eigenvalue weighted by atomic mass is 32.2. The summed E-state index contributed by atoms with van der Waals surface area (Å²) in [6.07, 6.45) is 0. The fourth-order valence-corrected chi connectivity index (χ4v) is 2.41. The van der Waals surface area contributed by atoms with Crippen LogP contribution >= 0.6 is 11.8 Å². The fourth-order valence-electron chi connectivity index (χ4n) is 1.51. The van der Waals surface area contributed by atoms with Crippen LogP contribution in [0.15, 0.2) is 46.7 Å². The topological polar surface area (TPSA) is 97.2 Å². The molecule has 0 amide bonds. The lowest BCUT2D eigenvalue weighted by molar-refractivity contribution is -0.113. The Morgan fingerprint density at radius 3 is 2.24 bits per heavy atom. The van der Waals surface area contributed by atoms with Crippen LogP contribution in [0.4, 0.5) is 5.69 Å².